The average molecular weight is 324 g/mol. The zero-order valence-corrected chi connectivity index (χ0v) is 12.7. The number of aromatic nitrogens is 2. The van der Waals surface area contributed by atoms with Gasteiger partial charge in [-0.15, -0.1) is 0 Å². The lowest BCUT2D eigenvalue weighted by atomic mass is 10.1. The molecule has 0 saturated carbocycles. The summed E-state index contributed by atoms with van der Waals surface area (Å²) < 4.78 is 8.25. The van der Waals surface area contributed by atoms with Crippen LogP contribution in [0.2, 0.25) is 0 Å². The normalized spacial score (nSPS) is 12.4. The summed E-state index contributed by atoms with van der Waals surface area (Å²) in [7, 11) is 1.69. The third-order valence-electron chi connectivity index (χ3n) is 3.01. The fraction of sp³-hybridized carbons (Fsp3) is 0.357. The summed E-state index contributed by atoms with van der Waals surface area (Å²) >= 11 is 3.51. The molecule has 1 aromatic carbocycles. The first-order valence-electron chi connectivity index (χ1n) is 6.23. The lowest BCUT2D eigenvalue weighted by molar-refractivity contribution is 0.210. The van der Waals surface area contributed by atoms with Crippen LogP contribution >= 0.6 is 15.9 Å². The summed E-state index contributed by atoms with van der Waals surface area (Å²) in [6.45, 7) is 3.57. The highest BCUT2D eigenvalue weighted by Gasteiger charge is 2.11. The van der Waals surface area contributed by atoms with Crippen molar-refractivity contribution in [3.63, 3.8) is 0 Å². The summed E-state index contributed by atoms with van der Waals surface area (Å²) in [6.07, 6.45) is 3.80. The van der Waals surface area contributed by atoms with Gasteiger partial charge in [0.05, 0.1) is 12.6 Å². The van der Waals surface area contributed by atoms with Crippen LogP contribution in [-0.2, 0) is 4.74 Å². The number of halogens is 1. The molecular formula is C14H18BrN3O. The number of ether oxygens (including phenoxy) is 1. The number of hydrogen-bond acceptors (Lipinski definition) is 3. The fourth-order valence-electron chi connectivity index (χ4n) is 1.95. The molecule has 0 amide bonds. The number of benzene rings is 1. The molecule has 0 saturated heterocycles. The van der Waals surface area contributed by atoms with Crippen LogP contribution in [0.15, 0.2) is 41.1 Å². The van der Waals surface area contributed by atoms with Crippen molar-refractivity contribution in [3.05, 3.63) is 46.7 Å². The molecule has 1 atom stereocenters. The number of rotatable bonds is 6. The first kappa shape index (κ1) is 14.1. The Bertz CT molecular complexity index is 527. The summed E-state index contributed by atoms with van der Waals surface area (Å²) in [4.78, 5) is 4.34. The van der Waals surface area contributed by atoms with Crippen LogP contribution in [-0.4, -0.2) is 29.8 Å². The van der Waals surface area contributed by atoms with E-state index < -0.39 is 0 Å². The van der Waals surface area contributed by atoms with Gasteiger partial charge >= 0.3 is 0 Å². The van der Waals surface area contributed by atoms with Crippen molar-refractivity contribution in [3.8, 4) is 0 Å². The van der Waals surface area contributed by atoms with E-state index in [1.165, 1.54) is 5.56 Å². The Morgan fingerprint density at radius 2 is 2.32 bits per heavy atom. The van der Waals surface area contributed by atoms with Crippen LogP contribution in [0, 0.1) is 0 Å². The van der Waals surface area contributed by atoms with Crippen molar-refractivity contribution in [2.45, 2.75) is 13.0 Å². The van der Waals surface area contributed by atoms with Crippen molar-refractivity contribution in [2.24, 2.45) is 0 Å². The van der Waals surface area contributed by atoms with Gasteiger partial charge in [0.2, 0.25) is 5.95 Å². The Kier molecular flexibility index (Phi) is 4.99. The van der Waals surface area contributed by atoms with Gasteiger partial charge in [0.15, 0.2) is 0 Å². The second kappa shape index (κ2) is 6.73. The summed E-state index contributed by atoms with van der Waals surface area (Å²) in [5, 5.41) is 3.27. The molecule has 0 aliphatic rings. The largest absolute Gasteiger partial charge is 0.383 e. The SMILES string of the molecule is COCCNc1nccn1C(C)c1cccc(Br)c1. The predicted octanol–water partition coefficient (Wildman–Crippen LogP) is 3.31. The molecule has 1 aromatic heterocycles. The highest BCUT2D eigenvalue weighted by atomic mass is 79.9. The van der Waals surface area contributed by atoms with Gasteiger partial charge in [-0.1, -0.05) is 28.1 Å². The van der Waals surface area contributed by atoms with Crippen LogP contribution in [0.4, 0.5) is 5.95 Å². The van der Waals surface area contributed by atoms with E-state index >= 15 is 0 Å². The molecule has 0 fully saturated rings. The van der Waals surface area contributed by atoms with E-state index in [2.05, 4.69) is 49.9 Å². The van der Waals surface area contributed by atoms with Gasteiger partial charge in [-0.2, -0.15) is 0 Å². The average Bonchev–Trinajstić information content (AvgIpc) is 2.86. The van der Waals surface area contributed by atoms with E-state index in [0.717, 1.165) is 17.0 Å². The highest BCUT2D eigenvalue weighted by Crippen LogP contribution is 2.23. The third-order valence-corrected chi connectivity index (χ3v) is 3.50. The highest BCUT2D eigenvalue weighted by molar-refractivity contribution is 9.10. The standard InChI is InChI=1S/C14H18BrN3O/c1-11(12-4-3-5-13(15)10-12)18-8-6-16-14(18)17-7-9-19-2/h3-6,8,10-11H,7,9H2,1-2H3,(H,16,17). The Morgan fingerprint density at radius 1 is 1.47 bits per heavy atom. The van der Waals surface area contributed by atoms with Crippen LogP contribution in [0.1, 0.15) is 18.5 Å². The smallest absolute Gasteiger partial charge is 0.203 e. The van der Waals surface area contributed by atoms with E-state index in [1.807, 2.05) is 24.5 Å². The van der Waals surface area contributed by atoms with Crippen LogP contribution in [0.25, 0.3) is 0 Å². The molecule has 4 nitrogen and oxygen atoms in total. The van der Waals surface area contributed by atoms with E-state index in [-0.39, 0.29) is 6.04 Å². The topological polar surface area (TPSA) is 39.1 Å². The second-order valence-corrected chi connectivity index (χ2v) is 5.22. The van der Waals surface area contributed by atoms with Gasteiger partial charge < -0.3 is 14.6 Å². The zero-order chi connectivity index (χ0) is 13.7. The maximum absolute atomic E-state index is 5.04. The minimum Gasteiger partial charge on any atom is -0.383 e. The lowest BCUT2D eigenvalue weighted by Gasteiger charge is -2.17. The number of anilines is 1. The van der Waals surface area contributed by atoms with Crippen molar-refractivity contribution < 1.29 is 4.74 Å². The molecule has 1 N–H and O–H groups in total. The Hall–Kier alpha value is -1.33. The van der Waals surface area contributed by atoms with Gasteiger partial charge in [-0.25, -0.2) is 4.98 Å². The van der Waals surface area contributed by atoms with Gasteiger partial charge in [0.1, 0.15) is 0 Å². The van der Waals surface area contributed by atoms with Gasteiger partial charge in [0, 0.05) is 30.5 Å². The van der Waals surface area contributed by atoms with Crippen molar-refractivity contribution in [2.75, 3.05) is 25.6 Å². The number of nitrogens with one attached hydrogen (secondary N) is 1. The van der Waals surface area contributed by atoms with Crippen LogP contribution < -0.4 is 5.32 Å². The number of imidazole rings is 1. The molecule has 0 bridgehead atoms. The first-order valence-corrected chi connectivity index (χ1v) is 7.02. The second-order valence-electron chi connectivity index (χ2n) is 4.31. The molecule has 0 aliphatic carbocycles. The Labute approximate surface area is 121 Å². The molecule has 102 valence electrons. The molecule has 2 aromatic rings. The predicted molar refractivity (Wildman–Crippen MR) is 80.5 cm³/mol. The lowest BCUT2D eigenvalue weighted by Crippen LogP contribution is -2.15. The van der Waals surface area contributed by atoms with Crippen molar-refractivity contribution in [1.82, 2.24) is 9.55 Å². The number of hydrogen-bond donors (Lipinski definition) is 1. The van der Waals surface area contributed by atoms with Crippen LogP contribution in [0.3, 0.4) is 0 Å². The fourth-order valence-corrected chi connectivity index (χ4v) is 2.37. The molecule has 19 heavy (non-hydrogen) atoms. The molecule has 1 heterocycles. The van der Waals surface area contributed by atoms with Gasteiger partial charge in [-0.3, -0.25) is 0 Å². The Balaban J connectivity index is 2.15. The zero-order valence-electron chi connectivity index (χ0n) is 11.1. The molecule has 2 rings (SSSR count). The minimum absolute atomic E-state index is 0.227. The van der Waals surface area contributed by atoms with Gasteiger partial charge in [0.25, 0.3) is 0 Å². The third kappa shape index (κ3) is 3.58. The van der Waals surface area contributed by atoms with E-state index in [0.29, 0.717) is 6.61 Å². The van der Waals surface area contributed by atoms with Gasteiger partial charge in [-0.05, 0) is 24.6 Å². The summed E-state index contributed by atoms with van der Waals surface area (Å²) in [5.41, 5.74) is 1.24. The minimum atomic E-state index is 0.227. The molecule has 0 spiro atoms. The quantitative estimate of drug-likeness (QED) is 0.829. The van der Waals surface area contributed by atoms with E-state index in [4.69, 9.17) is 4.74 Å². The molecule has 0 radical (unpaired) electrons. The van der Waals surface area contributed by atoms with Crippen molar-refractivity contribution in [1.29, 1.82) is 0 Å². The van der Waals surface area contributed by atoms with E-state index in [1.54, 1.807) is 7.11 Å². The number of nitrogens with zero attached hydrogens (tertiary/aromatic N) is 2. The number of methoxy groups -OCH3 is 1. The summed E-state index contributed by atoms with van der Waals surface area (Å²) in [6, 6.07) is 8.55. The molecule has 5 heteroatoms. The van der Waals surface area contributed by atoms with Crippen molar-refractivity contribution >= 4 is 21.9 Å². The molecule has 1 unspecified atom stereocenters. The maximum Gasteiger partial charge on any atom is 0.203 e. The summed E-state index contributed by atoms with van der Waals surface area (Å²) in [5.74, 6) is 0.865. The first-order chi connectivity index (χ1) is 9.22. The molecule has 0 aliphatic heterocycles. The van der Waals surface area contributed by atoms with E-state index in [9.17, 15) is 0 Å². The van der Waals surface area contributed by atoms with Crippen LogP contribution in [0.5, 0.6) is 0 Å². The maximum atomic E-state index is 5.04. The monoisotopic (exact) mass is 323 g/mol. The Morgan fingerprint density at radius 3 is 3.05 bits per heavy atom. The molecular weight excluding hydrogens is 306 g/mol.